The Labute approximate surface area is 785 Å². The summed E-state index contributed by atoms with van der Waals surface area (Å²) in [6.45, 7) is 36.6. The summed E-state index contributed by atoms with van der Waals surface area (Å²) >= 11 is 11.2. The number of hydrogen-bond donors (Lipinski definition) is 5. The molecule has 5 amide bonds. The van der Waals surface area contributed by atoms with Crippen LogP contribution >= 0.6 is 79.4 Å². The molecule has 0 unspecified atom stereocenters. The molecule has 2 aromatic carbocycles. The molecular weight excluding hydrogens is 1760 g/mol. The average molecular weight is 1870 g/mol. The first-order valence-corrected chi connectivity index (χ1v) is 46.5. The fraction of sp³-hybridized carbons (Fsp3) is 0.247. The molecule has 678 valence electrons. The van der Waals surface area contributed by atoms with Crippen LogP contribution in [-0.2, 0) is 12.0 Å². The van der Waals surface area contributed by atoms with E-state index in [0.29, 0.717) is 57.0 Å². The lowest BCUT2D eigenvalue weighted by molar-refractivity contribution is 0.0649. The minimum Gasteiger partial charge on any atom is -0.293 e. The van der Waals surface area contributed by atoms with Crippen molar-refractivity contribution in [1.29, 1.82) is 0 Å². The molecule has 5 N–H and O–H groups in total. The Hall–Kier alpha value is -12.5. The van der Waals surface area contributed by atoms with Gasteiger partial charge >= 0.3 is 0 Å². The molecule has 0 saturated heterocycles. The lowest BCUT2D eigenvalue weighted by atomic mass is 9.95. The number of halogens is 2. The largest absolute Gasteiger partial charge is 0.293 e. The normalized spacial score (nSPS) is 10.1. The standard InChI is InChI=1S/C14H17N3OS.C13H16N4OS.C12H13N3OS.C11H12N4OS.C11H11N3OS.C9H14S.2C7H7F.C7H9N.C6H8S/c1-3-16-17(10-12-6-8-15-9-7-12)14(18)13-5-4-11(2)19-13;1-4-17(13(18)11-6-5-10(2)19-11)16(3)12-7-8-14-9-15-12;1-9-3-4-11(17-9)12(16)14-15(2)10-5-7-13-8-6-10;1-8-3-4-10(17-8)11(16)15(2)14-9-5-12-7-13-6-9;1-8-5-6-9(16-8)11(15)14-13-10-4-2-3-7-12-10;1-7-5-6-8(10-7)9(2,3)4;1-6-2-4-7(8)5-3-6;1-6-3-2-4-7(8)5-6;1-6-3-4-7(2)8-5-6;1-5-3-4-6(2)7-5/h4-9,16H,3,10H2,1-2H3;5-9H,4H2,1-3H3;3-8H,1-2H3,(H,14,16);3-7,14H,1-2H3;2-7H,1H3,(H,12,13)(H,14,15);5-6H,1-4H3;2*2-5H,1H3;3-5H,1-2H3;3-4H,1-2H3. The Morgan fingerprint density at radius 3 is 1.35 bits per heavy atom. The van der Waals surface area contributed by atoms with Gasteiger partial charge < -0.3 is 0 Å². The Morgan fingerprint density at radius 1 is 0.419 bits per heavy atom. The van der Waals surface area contributed by atoms with E-state index in [2.05, 4.69) is 139 Å². The predicted octanol–water partition coefficient (Wildman–Crippen LogP) is 23.1. The number of rotatable bonds is 18. The van der Waals surface area contributed by atoms with Crippen molar-refractivity contribution in [2.75, 3.05) is 55.1 Å². The van der Waals surface area contributed by atoms with Crippen molar-refractivity contribution in [2.24, 2.45) is 0 Å². The monoisotopic (exact) mass is 1870 g/mol. The number of pyridine rings is 4. The molecule has 0 aliphatic heterocycles. The minimum atomic E-state index is -0.171. The van der Waals surface area contributed by atoms with Gasteiger partial charge in [0.25, 0.3) is 29.5 Å². The number of carbonyl (C=O) groups excluding carboxylic acids is 5. The highest BCUT2D eigenvalue weighted by Gasteiger charge is 2.23. The van der Waals surface area contributed by atoms with E-state index >= 15 is 0 Å². The van der Waals surface area contributed by atoms with Gasteiger partial charge in [-0.3, -0.25) is 80.7 Å². The number of hydrazine groups is 5. The van der Waals surface area contributed by atoms with Crippen LogP contribution in [0.4, 0.5) is 31.8 Å². The molecular formula is C97H114F2N18O5S7. The number of nitrogens with one attached hydrogen (secondary N) is 5. The summed E-state index contributed by atoms with van der Waals surface area (Å²) in [5.74, 6) is 0.653. The van der Waals surface area contributed by atoms with Gasteiger partial charge in [-0.25, -0.2) is 44.1 Å². The molecule has 0 bridgehead atoms. The first-order chi connectivity index (χ1) is 61.6. The molecule has 0 radical (unpaired) electrons. The van der Waals surface area contributed by atoms with Gasteiger partial charge in [-0.05, 0) is 264 Å². The number of carbonyl (C=O) groups is 5. The number of aromatic nitrogens is 8. The fourth-order valence-corrected chi connectivity index (χ4v) is 16.2. The van der Waals surface area contributed by atoms with E-state index in [1.807, 2.05) is 215 Å². The lowest BCUT2D eigenvalue weighted by Gasteiger charge is -2.31. The van der Waals surface area contributed by atoms with E-state index in [4.69, 9.17) is 0 Å². The number of thiophene rings is 7. The Morgan fingerprint density at radius 2 is 0.922 bits per heavy atom. The molecule has 23 nitrogen and oxygen atoms in total. The second-order valence-corrected chi connectivity index (χ2v) is 38.6. The average Bonchev–Trinajstić information content (AvgIpc) is 1.79. The van der Waals surface area contributed by atoms with Gasteiger partial charge in [0.15, 0.2) is 0 Å². The summed E-state index contributed by atoms with van der Waals surface area (Å²) in [5, 5.41) is 8.16. The quantitative estimate of drug-likeness (QED) is 0.0500. The molecule has 32 heteroatoms. The van der Waals surface area contributed by atoms with Gasteiger partial charge in [0.1, 0.15) is 35.9 Å². The maximum absolute atomic E-state index is 12.5. The number of amides is 5. The van der Waals surface area contributed by atoms with Crippen LogP contribution in [0, 0.1) is 94.7 Å². The molecule has 13 aromatic heterocycles. The maximum atomic E-state index is 12.5. The van der Waals surface area contributed by atoms with Crippen LogP contribution in [0.5, 0.6) is 0 Å². The van der Waals surface area contributed by atoms with E-state index < -0.39 is 0 Å². The first-order valence-electron chi connectivity index (χ1n) is 40.8. The van der Waals surface area contributed by atoms with Gasteiger partial charge in [0, 0.05) is 133 Å². The molecule has 0 spiro atoms. The minimum absolute atomic E-state index is 0.0109. The molecule has 0 fully saturated rings. The van der Waals surface area contributed by atoms with Crippen LogP contribution in [0.3, 0.4) is 0 Å². The maximum Gasteiger partial charge on any atom is 0.282 e. The van der Waals surface area contributed by atoms with E-state index in [-0.39, 0.29) is 41.2 Å². The summed E-state index contributed by atoms with van der Waals surface area (Å²) in [5.41, 5.74) is 21.5. The second-order valence-electron chi connectivity index (χ2n) is 29.4. The smallest absolute Gasteiger partial charge is 0.282 e. The summed E-state index contributed by atoms with van der Waals surface area (Å²) < 4.78 is 24.3. The topological polar surface area (TPSA) is 265 Å². The Balaban J connectivity index is 0.000000225. The SMILES string of the molecule is CCN(C(=O)c1ccc(C)s1)N(C)c1ccncn1.CCNN(Cc1ccncc1)C(=O)c1ccc(C)s1.Cc1ccc(C(=O)N(C)Nc2cncnc2)s1.Cc1ccc(C(=O)NN(C)c2ccncc2)s1.Cc1ccc(C(=O)NNc2ccccn2)s1.Cc1ccc(C(C)(C)C)s1.Cc1ccc(C)nc1.Cc1ccc(C)s1.Cc1ccc(F)cc1.Cc1cccc(F)c1. The zero-order valence-electron chi connectivity index (χ0n) is 76.4. The molecule has 0 saturated carbocycles. The molecule has 0 aliphatic carbocycles. The lowest BCUT2D eigenvalue weighted by Crippen LogP contribution is -2.44. The van der Waals surface area contributed by atoms with Crippen molar-refractivity contribution in [3.63, 3.8) is 0 Å². The van der Waals surface area contributed by atoms with Crippen LogP contribution in [0.25, 0.3) is 0 Å². The molecule has 15 rings (SSSR count). The highest BCUT2D eigenvalue weighted by atomic mass is 32.1. The molecule has 129 heavy (non-hydrogen) atoms. The molecule has 0 atom stereocenters. The Bertz CT molecular complexity index is 5640. The summed E-state index contributed by atoms with van der Waals surface area (Å²) in [6.07, 6.45) is 18.2. The number of aryl methyl sites for hydroxylation is 12. The Kier molecular flexibility index (Phi) is 45.6. The van der Waals surface area contributed by atoms with Crippen molar-refractivity contribution < 1.29 is 32.8 Å². The predicted molar refractivity (Wildman–Crippen MR) is 531 cm³/mol. The number of benzene rings is 2. The van der Waals surface area contributed by atoms with E-state index in [0.717, 1.165) is 62.2 Å². The van der Waals surface area contributed by atoms with Crippen molar-refractivity contribution in [2.45, 2.75) is 130 Å². The van der Waals surface area contributed by atoms with Crippen LogP contribution < -0.4 is 37.1 Å². The highest BCUT2D eigenvalue weighted by Crippen LogP contribution is 2.29. The van der Waals surface area contributed by atoms with Gasteiger partial charge in [0.2, 0.25) is 0 Å². The van der Waals surface area contributed by atoms with Crippen LogP contribution in [0.15, 0.2) is 263 Å². The van der Waals surface area contributed by atoms with E-state index in [1.54, 1.807) is 120 Å². The molecule has 0 aliphatic rings. The van der Waals surface area contributed by atoms with Crippen LogP contribution in [0.1, 0.15) is 155 Å². The number of anilines is 4. The van der Waals surface area contributed by atoms with Crippen molar-refractivity contribution in [3.8, 4) is 0 Å². The third-order valence-electron chi connectivity index (χ3n) is 17.1. The third-order valence-corrected chi connectivity index (χ3v) is 24.4. The van der Waals surface area contributed by atoms with Crippen molar-refractivity contribution in [1.82, 2.24) is 71.2 Å². The number of nitrogens with zero attached hydrogens (tertiary/aromatic N) is 13. The first kappa shape index (κ1) is 105. The van der Waals surface area contributed by atoms with Crippen LogP contribution in [-0.4, -0.2) is 119 Å². The van der Waals surface area contributed by atoms with Crippen molar-refractivity contribution in [3.05, 3.63) is 370 Å². The molecule has 15 aromatic rings. The van der Waals surface area contributed by atoms with E-state index in [1.165, 1.54) is 124 Å². The third kappa shape index (κ3) is 40.1. The van der Waals surface area contributed by atoms with Gasteiger partial charge in [-0.15, -0.1) is 79.4 Å². The van der Waals surface area contributed by atoms with Gasteiger partial charge in [-0.2, -0.15) is 0 Å². The highest BCUT2D eigenvalue weighted by molar-refractivity contribution is 7.15. The van der Waals surface area contributed by atoms with E-state index in [9.17, 15) is 32.8 Å². The fourth-order valence-electron chi connectivity index (χ4n) is 10.5. The second kappa shape index (κ2) is 55.9. The molecule has 13 heterocycles. The van der Waals surface area contributed by atoms with Crippen molar-refractivity contribution >= 4 is 132 Å². The van der Waals surface area contributed by atoms with Gasteiger partial charge in [-0.1, -0.05) is 69.7 Å². The summed E-state index contributed by atoms with van der Waals surface area (Å²) in [6, 6.07) is 59.2. The summed E-state index contributed by atoms with van der Waals surface area (Å²) in [4.78, 5) is 107. The van der Waals surface area contributed by atoms with Crippen LogP contribution in [0.2, 0.25) is 0 Å². The van der Waals surface area contributed by atoms with Gasteiger partial charge in [0.05, 0.1) is 54.7 Å². The zero-order valence-corrected chi connectivity index (χ0v) is 82.1. The number of hydrogen-bond acceptors (Lipinski definition) is 25. The zero-order chi connectivity index (χ0) is 94.4. The summed E-state index contributed by atoms with van der Waals surface area (Å²) in [7, 11) is 5.29.